The molecule has 1 aromatic rings. The predicted molar refractivity (Wildman–Crippen MR) is 117 cm³/mol. The van der Waals surface area contributed by atoms with Gasteiger partial charge in [-0.15, -0.1) is 0 Å². The zero-order valence-corrected chi connectivity index (χ0v) is 18.1. The molecule has 0 saturated carbocycles. The maximum atomic E-state index is 13.0. The molecule has 0 aromatic heterocycles. The third-order valence-electron chi connectivity index (χ3n) is 4.76. The number of aliphatic hydroxyl groups is 1. The van der Waals surface area contributed by atoms with Crippen LogP contribution >= 0.6 is 0 Å². The van der Waals surface area contributed by atoms with Gasteiger partial charge in [0.05, 0.1) is 6.61 Å². The van der Waals surface area contributed by atoms with Crippen molar-refractivity contribution >= 4 is 23.7 Å². The first-order valence-electron chi connectivity index (χ1n) is 10.4. The van der Waals surface area contributed by atoms with E-state index in [-0.39, 0.29) is 12.8 Å². The minimum Gasteiger partial charge on any atom is -0.480 e. The van der Waals surface area contributed by atoms with Gasteiger partial charge in [-0.2, -0.15) is 0 Å². The van der Waals surface area contributed by atoms with E-state index >= 15 is 0 Å². The van der Waals surface area contributed by atoms with Gasteiger partial charge in [0.2, 0.25) is 17.7 Å². The molecule has 178 valence electrons. The van der Waals surface area contributed by atoms with Crippen LogP contribution in [0.5, 0.6) is 0 Å². The van der Waals surface area contributed by atoms with Crippen molar-refractivity contribution in [3.63, 3.8) is 0 Å². The van der Waals surface area contributed by atoms with E-state index in [1.54, 1.807) is 30.3 Å². The minimum absolute atomic E-state index is 0.115. The lowest BCUT2D eigenvalue weighted by Gasteiger charge is -2.24. The Kier molecular flexibility index (Phi) is 11.9. The number of rotatable bonds is 14. The number of benzene rings is 1. The van der Waals surface area contributed by atoms with Crippen LogP contribution < -0.4 is 27.4 Å². The summed E-state index contributed by atoms with van der Waals surface area (Å²) in [6.45, 7) is 1.13. The van der Waals surface area contributed by atoms with Crippen LogP contribution in [0.15, 0.2) is 30.3 Å². The van der Waals surface area contributed by atoms with E-state index in [4.69, 9.17) is 21.7 Å². The van der Waals surface area contributed by atoms with Gasteiger partial charge in [0.15, 0.2) is 0 Å². The Morgan fingerprint density at radius 3 is 2.09 bits per heavy atom. The lowest BCUT2D eigenvalue weighted by atomic mass is 10.0. The number of aliphatic carboxylic acids is 1. The molecule has 1 aromatic carbocycles. The molecule has 11 nitrogen and oxygen atoms in total. The highest BCUT2D eigenvalue weighted by Gasteiger charge is 2.29. The van der Waals surface area contributed by atoms with Crippen LogP contribution in [0.2, 0.25) is 0 Å². The van der Waals surface area contributed by atoms with Gasteiger partial charge < -0.3 is 37.6 Å². The fourth-order valence-electron chi connectivity index (χ4n) is 2.83. The molecule has 1 rings (SSSR count). The number of carbonyl (C=O) groups excluding carboxylic acids is 3. The standard InChI is InChI=1S/C21H33N5O6/c1-13(21(31)32)24-20(30)17(11-14-7-3-2-4-8-14)26-19(29)16(9-5-6-10-22)25-18(28)15(23)12-27/h2-4,7-8,13,15-17,27H,5-6,9-12,22-23H2,1H3,(H,24,30)(H,25,28)(H,26,29)(H,31,32). The third-order valence-corrected chi connectivity index (χ3v) is 4.76. The van der Waals surface area contributed by atoms with Gasteiger partial charge in [0.1, 0.15) is 24.2 Å². The van der Waals surface area contributed by atoms with Gasteiger partial charge in [0, 0.05) is 6.42 Å². The van der Waals surface area contributed by atoms with Crippen molar-refractivity contribution in [1.29, 1.82) is 0 Å². The topological polar surface area (TPSA) is 197 Å². The van der Waals surface area contributed by atoms with Gasteiger partial charge in [-0.05, 0) is 38.3 Å². The molecule has 0 aliphatic carbocycles. The van der Waals surface area contributed by atoms with E-state index in [2.05, 4.69) is 16.0 Å². The number of unbranched alkanes of at least 4 members (excludes halogenated alkanes) is 1. The highest BCUT2D eigenvalue weighted by Crippen LogP contribution is 2.07. The lowest BCUT2D eigenvalue weighted by Crippen LogP contribution is -2.57. The van der Waals surface area contributed by atoms with Crippen molar-refractivity contribution in [1.82, 2.24) is 16.0 Å². The fourth-order valence-corrected chi connectivity index (χ4v) is 2.83. The molecular weight excluding hydrogens is 418 g/mol. The van der Waals surface area contributed by atoms with Gasteiger partial charge >= 0.3 is 5.97 Å². The number of nitrogens with one attached hydrogen (secondary N) is 3. The molecule has 0 bridgehead atoms. The Balaban J connectivity index is 3.01. The Morgan fingerprint density at radius 2 is 1.53 bits per heavy atom. The van der Waals surface area contributed by atoms with Crippen molar-refractivity contribution in [2.24, 2.45) is 11.5 Å². The molecule has 0 heterocycles. The zero-order chi connectivity index (χ0) is 24.1. The molecule has 0 fully saturated rings. The highest BCUT2D eigenvalue weighted by molar-refractivity contribution is 5.94. The summed E-state index contributed by atoms with van der Waals surface area (Å²) in [4.78, 5) is 48.9. The third kappa shape index (κ3) is 9.41. The second kappa shape index (κ2) is 14.1. The quantitative estimate of drug-likeness (QED) is 0.161. The summed E-state index contributed by atoms with van der Waals surface area (Å²) in [7, 11) is 0. The van der Waals surface area contributed by atoms with Crippen molar-refractivity contribution < 1.29 is 29.4 Å². The van der Waals surface area contributed by atoms with E-state index in [0.29, 0.717) is 19.4 Å². The molecule has 0 saturated heterocycles. The number of aliphatic hydroxyl groups excluding tert-OH is 1. The van der Waals surface area contributed by atoms with E-state index in [1.807, 2.05) is 0 Å². The molecule has 11 heteroatoms. The second-order valence-electron chi connectivity index (χ2n) is 7.45. The minimum atomic E-state index is -1.21. The summed E-state index contributed by atoms with van der Waals surface area (Å²) in [5, 5.41) is 25.6. The summed E-state index contributed by atoms with van der Waals surface area (Å²) in [5.41, 5.74) is 11.8. The number of hydrogen-bond acceptors (Lipinski definition) is 7. The van der Waals surface area contributed by atoms with Crippen LogP contribution in [0.3, 0.4) is 0 Å². The number of carboxylic acids is 1. The van der Waals surface area contributed by atoms with Gasteiger partial charge in [-0.1, -0.05) is 30.3 Å². The number of hydrogen-bond donors (Lipinski definition) is 7. The maximum absolute atomic E-state index is 13.0. The molecule has 4 atom stereocenters. The number of carbonyl (C=O) groups is 4. The molecule has 9 N–H and O–H groups in total. The molecule has 0 radical (unpaired) electrons. The van der Waals surface area contributed by atoms with E-state index < -0.39 is 54.5 Å². The van der Waals surface area contributed by atoms with Crippen LogP contribution in [0.1, 0.15) is 31.7 Å². The summed E-state index contributed by atoms with van der Waals surface area (Å²) < 4.78 is 0. The molecular formula is C21H33N5O6. The Labute approximate surface area is 186 Å². The van der Waals surface area contributed by atoms with Crippen LogP contribution in [-0.2, 0) is 25.6 Å². The average molecular weight is 452 g/mol. The first kappa shape index (κ1) is 27.0. The second-order valence-corrected chi connectivity index (χ2v) is 7.45. The van der Waals surface area contributed by atoms with Crippen molar-refractivity contribution in [2.45, 2.75) is 56.8 Å². The molecule has 3 amide bonds. The Morgan fingerprint density at radius 1 is 0.938 bits per heavy atom. The zero-order valence-electron chi connectivity index (χ0n) is 18.1. The summed E-state index contributed by atoms with van der Waals surface area (Å²) in [6, 6.07) is 4.47. The Bertz CT molecular complexity index is 760. The fraction of sp³-hybridized carbons (Fsp3) is 0.524. The average Bonchev–Trinajstić information content (AvgIpc) is 2.77. The normalized spacial score (nSPS) is 14.5. The monoisotopic (exact) mass is 451 g/mol. The molecule has 4 unspecified atom stereocenters. The van der Waals surface area contributed by atoms with E-state index in [0.717, 1.165) is 5.56 Å². The SMILES string of the molecule is CC(NC(=O)C(Cc1ccccc1)NC(=O)C(CCCCN)NC(=O)C(N)CO)C(=O)O. The molecule has 0 aliphatic rings. The van der Waals surface area contributed by atoms with Gasteiger partial charge in [-0.25, -0.2) is 0 Å². The number of carboxylic acid groups (broad SMARTS) is 1. The lowest BCUT2D eigenvalue weighted by molar-refractivity contribution is -0.141. The number of amides is 3. The van der Waals surface area contributed by atoms with E-state index in [1.165, 1.54) is 6.92 Å². The van der Waals surface area contributed by atoms with Gasteiger partial charge in [-0.3, -0.25) is 19.2 Å². The summed E-state index contributed by atoms with van der Waals surface area (Å²) in [6.07, 6.45) is 1.52. The highest BCUT2D eigenvalue weighted by atomic mass is 16.4. The van der Waals surface area contributed by atoms with Crippen LogP contribution in [0.4, 0.5) is 0 Å². The number of nitrogens with two attached hydrogens (primary N) is 2. The van der Waals surface area contributed by atoms with Crippen molar-refractivity contribution in [3.05, 3.63) is 35.9 Å². The van der Waals surface area contributed by atoms with E-state index in [9.17, 15) is 19.2 Å². The molecule has 32 heavy (non-hydrogen) atoms. The maximum Gasteiger partial charge on any atom is 0.325 e. The van der Waals surface area contributed by atoms with Crippen molar-refractivity contribution in [3.8, 4) is 0 Å². The van der Waals surface area contributed by atoms with Crippen LogP contribution in [-0.4, -0.2) is 71.2 Å². The van der Waals surface area contributed by atoms with Crippen molar-refractivity contribution in [2.75, 3.05) is 13.2 Å². The largest absolute Gasteiger partial charge is 0.480 e. The summed E-state index contributed by atoms with van der Waals surface area (Å²) in [5.74, 6) is -3.22. The van der Waals surface area contributed by atoms with Crippen LogP contribution in [0, 0.1) is 0 Å². The molecule has 0 spiro atoms. The predicted octanol–water partition coefficient (Wildman–Crippen LogP) is -1.76. The smallest absolute Gasteiger partial charge is 0.325 e. The van der Waals surface area contributed by atoms with Gasteiger partial charge in [0.25, 0.3) is 0 Å². The summed E-state index contributed by atoms with van der Waals surface area (Å²) >= 11 is 0. The first-order valence-corrected chi connectivity index (χ1v) is 10.4. The Hall–Kier alpha value is -3.02. The first-order chi connectivity index (χ1) is 15.2. The van der Waals surface area contributed by atoms with Crippen LogP contribution in [0.25, 0.3) is 0 Å². The molecule has 0 aliphatic heterocycles.